The van der Waals surface area contributed by atoms with Gasteiger partial charge in [0.2, 0.25) is 0 Å². The monoisotopic (exact) mass is 384 g/mol. The van der Waals surface area contributed by atoms with Gasteiger partial charge in [-0.05, 0) is 30.0 Å². The summed E-state index contributed by atoms with van der Waals surface area (Å²) in [5.41, 5.74) is 3.55. The molecule has 0 saturated carbocycles. The molecule has 2 N–H and O–H groups in total. The van der Waals surface area contributed by atoms with E-state index in [4.69, 9.17) is 16.1 Å². The summed E-state index contributed by atoms with van der Waals surface area (Å²) in [5.74, 6) is 0.310. The van der Waals surface area contributed by atoms with Crippen LogP contribution in [0.4, 0.5) is 0 Å². The Morgan fingerprint density at radius 1 is 1.26 bits per heavy atom. The van der Waals surface area contributed by atoms with Crippen molar-refractivity contribution >= 4 is 22.6 Å². The number of nitrogens with zero attached hydrogens (tertiary/aromatic N) is 1. The first-order chi connectivity index (χ1) is 13.0. The summed E-state index contributed by atoms with van der Waals surface area (Å²) >= 11 is 6.07. The third-order valence-corrected chi connectivity index (χ3v) is 5.08. The van der Waals surface area contributed by atoms with Crippen molar-refractivity contribution in [3.8, 4) is 11.3 Å². The third-order valence-electron chi connectivity index (χ3n) is 4.84. The van der Waals surface area contributed by atoms with Gasteiger partial charge in [0.1, 0.15) is 5.69 Å². The highest BCUT2D eigenvalue weighted by Crippen LogP contribution is 2.35. The molecule has 1 heterocycles. The maximum atomic E-state index is 9.75. The maximum Gasteiger partial charge on any atom is 0.169 e. The summed E-state index contributed by atoms with van der Waals surface area (Å²) in [6.45, 7) is 8.18. The summed E-state index contributed by atoms with van der Waals surface area (Å²) in [6.07, 6.45) is 2.63. The Morgan fingerprint density at radius 3 is 2.74 bits per heavy atom. The minimum absolute atomic E-state index is 0.00383. The summed E-state index contributed by atoms with van der Waals surface area (Å²) in [5, 5.41) is 19.2. The Kier molecular flexibility index (Phi) is 6.32. The van der Waals surface area contributed by atoms with Gasteiger partial charge in [-0.25, -0.2) is 0 Å². The zero-order valence-electron chi connectivity index (χ0n) is 15.7. The minimum Gasteiger partial charge on any atom is -0.395 e. The zero-order valence-corrected chi connectivity index (χ0v) is 16.4. The van der Waals surface area contributed by atoms with Crippen LogP contribution in [0.1, 0.15) is 31.9 Å². The van der Waals surface area contributed by atoms with Crippen LogP contribution < -0.4 is 5.32 Å². The molecule has 0 bridgehead atoms. The van der Waals surface area contributed by atoms with Crippen LogP contribution >= 0.6 is 11.6 Å². The number of benzene rings is 2. The van der Waals surface area contributed by atoms with Gasteiger partial charge >= 0.3 is 0 Å². The quantitative estimate of drug-likeness (QED) is 0.512. The molecule has 2 aromatic carbocycles. The van der Waals surface area contributed by atoms with Gasteiger partial charge in [0, 0.05) is 34.1 Å². The molecule has 142 valence electrons. The fourth-order valence-electron chi connectivity index (χ4n) is 3.29. The number of hydrogen-bond acceptors (Lipinski definition) is 4. The Labute approximate surface area is 164 Å². The zero-order chi connectivity index (χ0) is 19.4. The van der Waals surface area contributed by atoms with Gasteiger partial charge in [-0.3, -0.25) is 0 Å². The molecule has 0 spiro atoms. The van der Waals surface area contributed by atoms with Gasteiger partial charge in [-0.15, -0.1) is 6.58 Å². The summed E-state index contributed by atoms with van der Waals surface area (Å²) in [6, 6.07) is 13.7. The maximum absolute atomic E-state index is 9.75. The van der Waals surface area contributed by atoms with Gasteiger partial charge < -0.3 is 14.9 Å². The lowest BCUT2D eigenvalue weighted by atomic mass is 9.93. The van der Waals surface area contributed by atoms with Crippen LogP contribution in [0.5, 0.6) is 0 Å². The van der Waals surface area contributed by atoms with Gasteiger partial charge in [-0.1, -0.05) is 60.9 Å². The molecule has 3 aromatic rings. The van der Waals surface area contributed by atoms with Crippen molar-refractivity contribution < 1.29 is 9.63 Å². The van der Waals surface area contributed by atoms with E-state index in [1.807, 2.05) is 36.4 Å². The normalized spacial score (nSPS) is 13.8. The summed E-state index contributed by atoms with van der Waals surface area (Å²) in [7, 11) is 0. The van der Waals surface area contributed by atoms with E-state index >= 15 is 0 Å². The first-order valence-corrected chi connectivity index (χ1v) is 9.55. The molecule has 4 nitrogen and oxygen atoms in total. The van der Waals surface area contributed by atoms with Gasteiger partial charge in [-0.2, -0.15) is 0 Å². The van der Waals surface area contributed by atoms with Crippen LogP contribution in [0, 0.1) is 5.92 Å². The Balaban J connectivity index is 2.06. The van der Waals surface area contributed by atoms with E-state index in [1.54, 1.807) is 6.07 Å². The standard InChI is InChI=1S/C22H25ClN2O2/c1-4-7-19(24-20(13-26)14(2)3)16-8-5-6-9-17(16)22-18-11-10-15(23)12-21(18)27-25-22/h4-6,8-12,14,19-20,24,26H,1,7,13H2,2-3H3/t19-,20-/m0/s1. The van der Waals surface area contributed by atoms with Crippen molar-refractivity contribution in [1.82, 2.24) is 10.5 Å². The first kappa shape index (κ1) is 19.6. The van der Waals surface area contributed by atoms with E-state index in [-0.39, 0.29) is 18.7 Å². The third kappa shape index (κ3) is 4.24. The predicted octanol–water partition coefficient (Wildman–Crippen LogP) is 5.37. The molecule has 0 aliphatic rings. The number of fused-ring (bicyclic) bond motifs is 1. The Hall–Kier alpha value is -2.14. The molecule has 0 fully saturated rings. The van der Waals surface area contributed by atoms with E-state index in [9.17, 15) is 5.11 Å². The van der Waals surface area contributed by atoms with Crippen molar-refractivity contribution in [2.45, 2.75) is 32.4 Å². The van der Waals surface area contributed by atoms with Gasteiger partial charge in [0.15, 0.2) is 5.58 Å². The molecule has 0 amide bonds. The topological polar surface area (TPSA) is 58.3 Å². The predicted molar refractivity (Wildman–Crippen MR) is 111 cm³/mol. The van der Waals surface area contributed by atoms with Gasteiger partial charge in [0.25, 0.3) is 0 Å². The fourth-order valence-corrected chi connectivity index (χ4v) is 3.45. The average Bonchev–Trinajstić information content (AvgIpc) is 3.07. The summed E-state index contributed by atoms with van der Waals surface area (Å²) < 4.78 is 5.50. The van der Waals surface area contributed by atoms with Crippen molar-refractivity contribution in [3.05, 3.63) is 65.7 Å². The SMILES string of the molecule is C=CC[C@H](N[C@@H](CO)C(C)C)c1ccccc1-c1noc2cc(Cl)ccc12. The molecular weight excluding hydrogens is 360 g/mol. The van der Waals surface area contributed by atoms with E-state index in [0.717, 1.165) is 28.6 Å². The number of nitrogens with one attached hydrogen (secondary N) is 1. The Bertz CT molecular complexity index is 920. The average molecular weight is 385 g/mol. The molecule has 1 aromatic heterocycles. The highest BCUT2D eigenvalue weighted by atomic mass is 35.5. The number of aromatic nitrogens is 1. The van der Waals surface area contributed by atoms with Crippen molar-refractivity contribution in [2.75, 3.05) is 6.61 Å². The molecular formula is C22H25ClN2O2. The second kappa shape index (κ2) is 8.70. The molecule has 3 rings (SSSR count). The number of rotatable bonds is 8. The second-order valence-corrected chi connectivity index (χ2v) is 7.47. The highest BCUT2D eigenvalue weighted by molar-refractivity contribution is 6.31. The van der Waals surface area contributed by atoms with Crippen molar-refractivity contribution in [3.63, 3.8) is 0 Å². The lowest BCUT2D eigenvalue weighted by Crippen LogP contribution is -2.39. The van der Waals surface area contributed by atoms with Crippen LogP contribution in [0.15, 0.2) is 59.6 Å². The number of hydrogen-bond donors (Lipinski definition) is 2. The van der Waals surface area contributed by atoms with Crippen LogP contribution in [0.3, 0.4) is 0 Å². The lowest BCUT2D eigenvalue weighted by molar-refractivity contribution is 0.199. The lowest BCUT2D eigenvalue weighted by Gasteiger charge is -2.28. The molecule has 0 aliphatic carbocycles. The molecule has 0 saturated heterocycles. The molecule has 5 heteroatoms. The second-order valence-electron chi connectivity index (χ2n) is 7.04. The first-order valence-electron chi connectivity index (χ1n) is 9.17. The molecule has 0 unspecified atom stereocenters. The highest BCUT2D eigenvalue weighted by Gasteiger charge is 2.22. The smallest absolute Gasteiger partial charge is 0.169 e. The fraction of sp³-hybridized carbons (Fsp3) is 0.318. The minimum atomic E-state index is -0.00383. The van der Waals surface area contributed by atoms with E-state index in [2.05, 4.69) is 37.0 Å². The Morgan fingerprint density at radius 2 is 2.04 bits per heavy atom. The molecule has 2 atom stereocenters. The van der Waals surface area contributed by atoms with Crippen LogP contribution in [-0.4, -0.2) is 22.9 Å². The molecule has 0 aliphatic heterocycles. The number of aliphatic hydroxyl groups is 1. The van der Waals surface area contributed by atoms with E-state index in [1.165, 1.54) is 0 Å². The van der Waals surface area contributed by atoms with Crippen molar-refractivity contribution in [1.29, 1.82) is 0 Å². The van der Waals surface area contributed by atoms with E-state index in [0.29, 0.717) is 16.5 Å². The van der Waals surface area contributed by atoms with Crippen molar-refractivity contribution in [2.24, 2.45) is 5.92 Å². The van der Waals surface area contributed by atoms with Gasteiger partial charge in [0.05, 0.1) is 6.61 Å². The van der Waals surface area contributed by atoms with Crippen LogP contribution in [0.25, 0.3) is 22.2 Å². The molecule has 27 heavy (non-hydrogen) atoms. The van der Waals surface area contributed by atoms with Crippen LogP contribution in [0.2, 0.25) is 5.02 Å². The molecule has 0 radical (unpaired) electrons. The largest absolute Gasteiger partial charge is 0.395 e. The van der Waals surface area contributed by atoms with E-state index < -0.39 is 0 Å². The van der Waals surface area contributed by atoms with Crippen LogP contribution in [-0.2, 0) is 0 Å². The number of aliphatic hydroxyl groups excluding tert-OH is 1. The summed E-state index contributed by atoms with van der Waals surface area (Å²) in [4.78, 5) is 0. The number of halogens is 1.